The highest BCUT2D eigenvalue weighted by Gasteiger charge is 2.39. The minimum absolute atomic E-state index is 0. The van der Waals surface area contributed by atoms with Gasteiger partial charge in [0.05, 0.1) is 19.7 Å². The molecule has 240 valence electrons. The maximum Gasteiger partial charge on any atom is 0.414 e. The van der Waals surface area contributed by atoms with E-state index >= 15 is 0 Å². The number of methoxy groups -OCH3 is 1. The van der Waals surface area contributed by atoms with Crippen LogP contribution >= 0.6 is 0 Å². The Morgan fingerprint density at radius 3 is 2.39 bits per heavy atom. The Balaban J connectivity index is 0.00000675. The van der Waals surface area contributed by atoms with Gasteiger partial charge in [-0.25, -0.2) is 9.59 Å². The predicted octanol–water partition coefficient (Wildman–Crippen LogP) is -0.540. The third-order valence-electron chi connectivity index (χ3n) is 6.79. The molecule has 0 saturated carbocycles. The largest absolute Gasteiger partial charge is 1.00 e. The van der Waals surface area contributed by atoms with Crippen molar-refractivity contribution < 1.29 is 55.2 Å². The van der Waals surface area contributed by atoms with E-state index in [1.807, 2.05) is 30.3 Å². The molecule has 2 N–H and O–H groups in total. The molecule has 2 aromatic rings. The van der Waals surface area contributed by atoms with Crippen LogP contribution in [0.3, 0.4) is 0 Å². The Labute approximate surface area is 263 Å². The average Bonchev–Trinajstić information content (AvgIpc) is 2.98. The zero-order valence-electron chi connectivity index (χ0n) is 25.7. The number of piperidine rings is 1. The number of carbonyl (C=O) groups is 5. The lowest BCUT2D eigenvalue weighted by Crippen LogP contribution is -3.00. The van der Waals surface area contributed by atoms with Crippen molar-refractivity contribution in [3.8, 4) is 0 Å². The molecule has 1 aliphatic rings. The maximum absolute atomic E-state index is 13.2. The zero-order valence-corrected chi connectivity index (χ0v) is 26.5. The number of nitrogens with zero attached hydrogens (tertiary/aromatic N) is 2. The first kappa shape index (κ1) is 36.0. The Kier molecular flexibility index (Phi) is 13.6. The third kappa shape index (κ3) is 10.5. The van der Waals surface area contributed by atoms with E-state index in [-0.39, 0.29) is 31.2 Å². The molecule has 0 radical (unpaired) electrons. The van der Waals surface area contributed by atoms with Crippen molar-refractivity contribution in [3.63, 3.8) is 0 Å². The fourth-order valence-corrected chi connectivity index (χ4v) is 4.79. The van der Waals surface area contributed by atoms with Crippen molar-refractivity contribution in [2.24, 2.45) is 0 Å². The number of likely N-dealkylation sites (tertiary alicyclic amines) is 1. The Morgan fingerprint density at radius 1 is 1.02 bits per heavy atom. The Morgan fingerprint density at radius 2 is 1.73 bits per heavy atom. The summed E-state index contributed by atoms with van der Waals surface area (Å²) in [5, 5.41) is 5.00. The van der Waals surface area contributed by atoms with Crippen molar-refractivity contribution in [2.45, 2.75) is 77.3 Å². The molecule has 1 aromatic heterocycles. The quantitative estimate of drug-likeness (QED) is 0.202. The highest BCUT2D eigenvalue weighted by atomic mass is 35.5. The molecule has 0 spiro atoms. The molecule has 3 amide bonds. The molecule has 3 unspecified atom stereocenters. The van der Waals surface area contributed by atoms with Crippen LogP contribution in [0.5, 0.6) is 0 Å². The number of benzene rings is 1. The van der Waals surface area contributed by atoms with Crippen LogP contribution in [0.4, 0.5) is 4.79 Å². The van der Waals surface area contributed by atoms with Gasteiger partial charge in [-0.1, -0.05) is 30.3 Å². The Hall–Kier alpha value is -4.19. The third-order valence-corrected chi connectivity index (χ3v) is 6.79. The smallest absolute Gasteiger partial charge is 0.414 e. The van der Waals surface area contributed by atoms with Gasteiger partial charge in [0.1, 0.15) is 23.1 Å². The second-order valence-electron chi connectivity index (χ2n) is 11.3. The number of carbonyl (C=O) groups excluding carboxylic acids is 5. The van der Waals surface area contributed by atoms with Gasteiger partial charge in [0, 0.05) is 12.6 Å². The molecule has 3 rings (SSSR count). The summed E-state index contributed by atoms with van der Waals surface area (Å²) in [6.07, 6.45) is 4.80. The number of amides is 3. The lowest BCUT2D eigenvalue weighted by Gasteiger charge is -2.38. The van der Waals surface area contributed by atoms with Crippen LogP contribution in [0.1, 0.15) is 68.8 Å². The lowest BCUT2D eigenvalue weighted by atomic mass is 9.85. The van der Waals surface area contributed by atoms with Gasteiger partial charge in [0.2, 0.25) is 5.91 Å². The van der Waals surface area contributed by atoms with E-state index in [0.29, 0.717) is 13.0 Å². The summed E-state index contributed by atoms with van der Waals surface area (Å²) in [5.41, 5.74) is 0.307. The van der Waals surface area contributed by atoms with Gasteiger partial charge in [-0.05, 0) is 58.6 Å². The number of pyridine rings is 1. The maximum atomic E-state index is 13.2. The van der Waals surface area contributed by atoms with Crippen LogP contribution in [0, 0.1) is 0 Å². The van der Waals surface area contributed by atoms with E-state index in [2.05, 4.69) is 10.6 Å². The number of rotatable bonds is 10. The number of esters is 2. The highest BCUT2D eigenvalue weighted by Crippen LogP contribution is 2.32. The summed E-state index contributed by atoms with van der Waals surface area (Å²) in [6, 6.07) is 11.1. The van der Waals surface area contributed by atoms with Gasteiger partial charge in [-0.3, -0.25) is 14.4 Å². The van der Waals surface area contributed by atoms with E-state index in [1.165, 1.54) is 24.8 Å². The lowest BCUT2D eigenvalue weighted by molar-refractivity contribution is -0.727. The molecule has 1 fully saturated rings. The molecular weight excluding hydrogens is 592 g/mol. The minimum atomic E-state index is -0.882. The molecule has 0 aliphatic carbocycles. The topological polar surface area (TPSA) is 144 Å². The number of hydrogen-bond acceptors (Lipinski definition) is 8. The summed E-state index contributed by atoms with van der Waals surface area (Å²) in [7, 11) is 1.33. The minimum Gasteiger partial charge on any atom is -1.00 e. The second-order valence-corrected chi connectivity index (χ2v) is 11.3. The van der Waals surface area contributed by atoms with Gasteiger partial charge < -0.3 is 42.2 Å². The van der Waals surface area contributed by atoms with Gasteiger partial charge in [-0.2, -0.15) is 4.57 Å². The fourth-order valence-electron chi connectivity index (χ4n) is 4.79. The van der Waals surface area contributed by atoms with Crippen molar-refractivity contribution >= 4 is 29.8 Å². The van der Waals surface area contributed by atoms with Crippen LogP contribution < -0.4 is 27.6 Å². The number of ether oxygens (including phenoxy) is 3. The van der Waals surface area contributed by atoms with Crippen LogP contribution in [-0.2, 0) is 35.3 Å². The van der Waals surface area contributed by atoms with Crippen molar-refractivity contribution in [2.75, 3.05) is 20.2 Å². The molecule has 1 saturated heterocycles. The number of hydrogen-bond donors (Lipinski definition) is 2. The monoisotopic (exact) mass is 632 g/mol. The summed E-state index contributed by atoms with van der Waals surface area (Å²) in [6.45, 7) is 6.58. The first-order valence-corrected chi connectivity index (χ1v) is 14.3. The summed E-state index contributed by atoms with van der Waals surface area (Å²) < 4.78 is 17.4. The fraction of sp³-hybridized carbons (Fsp3) is 0.484. The first-order chi connectivity index (χ1) is 20.4. The molecule has 1 aromatic carbocycles. The van der Waals surface area contributed by atoms with Crippen molar-refractivity contribution in [1.82, 2.24) is 15.5 Å². The van der Waals surface area contributed by atoms with Crippen LogP contribution in [0.2, 0.25) is 0 Å². The van der Waals surface area contributed by atoms with E-state index in [0.717, 1.165) is 18.4 Å². The standard InChI is InChI=1S/C31H40N4O8.ClH/c1-21(28(38)43-31(2,3)4)33-25(36)18-32-27(37)23-14-11-16-34(19-23)20-42-30(40)35-17-10-9-15-24(35)26(29(39)41-5)22-12-7-6-8-13-22;/h6-8,11-14,16,19,21,24,26H,9-10,15,17-18,20H2,1-5H3,(H-,32,33,36,37);1H. The molecule has 0 bridgehead atoms. The highest BCUT2D eigenvalue weighted by molar-refractivity contribution is 5.96. The molecule has 3 atom stereocenters. The summed E-state index contributed by atoms with van der Waals surface area (Å²) in [4.78, 5) is 64.6. The van der Waals surface area contributed by atoms with Gasteiger partial charge in [-0.15, -0.1) is 0 Å². The number of aromatic nitrogens is 1. The summed E-state index contributed by atoms with van der Waals surface area (Å²) in [5.74, 6) is -2.73. The Bertz CT molecular complexity index is 1300. The van der Waals surface area contributed by atoms with Crippen molar-refractivity contribution in [3.05, 3.63) is 66.0 Å². The molecule has 2 heterocycles. The predicted molar refractivity (Wildman–Crippen MR) is 154 cm³/mol. The van der Waals surface area contributed by atoms with Crippen molar-refractivity contribution in [1.29, 1.82) is 0 Å². The van der Waals surface area contributed by atoms with Crippen LogP contribution in [-0.4, -0.2) is 72.6 Å². The molecular formula is C31H41ClN4O8. The van der Waals surface area contributed by atoms with Gasteiger partial charge in [0.25, 0.3) is 12.6 Å². The number of nitrogens with one attached hydrogen (secondary N) is 2. The SMILES string of the molecule is COC(=O)C(c1ccccc1)C1CCCCN1C(=O)OC[n+]1cccc(C(=O)NCC(=O)NC(C)C(=O)OC(C)(C)C)c1.[Cl-]. The van der Waals surface area contributed by atoms with Gasteiger partial charge >= 0.3 is 18.0 Å². The molecule has 1 aliphatic heterocycles. The normalized spacial score (nSPS) is 15.9. The van der Waals surface area contributed by atoms with E-state index in [9.17, 15) is 24.0 Å². The van der Waals surface area contributed by atoms with Crippen LogP contribution in [0.15, 0.2) is 54.9 Å². The van der Waals surface area contributed by atoms with Crippen LogP contribution in [0.25, 0.3) is 0 Å². The molecule has 13 heteroatoms. The number of halogens is 1. The zero-order chi connectivity index (χ0) is 31.6. The summed E-state index contributed by atoms with van der Waals surface area (Å²) >= 11 is 0. The van der Waals surface area contributed by atoms with E-state index < -0.39 is 53.4 Å². The van der Waals surface area contributed by atoms with E-state index in [1.54, 1.807) is 44.0 Å². The van der Waals surface area contributed by atoms with E-state index in [4.69, 9.17) is 14.2 Å². The molecule has 44 heavy (non-hydrogen) atoms. The average molecular weight is 633 g/mol. The second kappa shape index (κ2) is 16.6. The van der Waals surface area contributed by atoms with Gasteiger partial charge in [0.15, 0.2) is 12.4 Å². The first-order valence-electron chi connectivity index (χ1n) is 14.3. The molecule has 12 nitrogen and oxygen atoms in total.